The third-order valence-electron chi connectivity index (χ3n) is 4.13. The predicted molar refractivity (Wildman–Crippen MR) is 92.8 cm³/mol. The van der Waals surface area contributed by atoms with E-state index < -0.39 is 0 Å². The number of anilines is 1. The predicted octanol–water partition coefficient (Wildman–Crippen LogP) is 3.03. The van der Waals surface area contributed by atoms with Crippen molar-refractivity contribution in [3.05, 3.63) is 52.4 Å². The number of hydrogen-bond donors (Lipinski definition) is 1. The minimum absolute atomic E-state index is 0.165. The summed E-state index contributed by atoms with van der Waals surface area (Å²) < 4.78 is 1.72. The van der Waals surface area contributed by atoms with Crippen molar-refractivity contribution in [1.29, 1.82) is 0 Å². The van der Waals surface area contributed by atoms with Gasteiger partial charge >= 0.3 is 0 Å². The number of carbonyl (C=O) groups excluding carboxylic acids is 1. The van der Waals surface area contributed by atoms with Gasteiger partial charge in [0.1, 0.15) is 0 Å². The average Bonchev–Trinajstić information content (AvgIpc) is 3.29. The maximum Gasteiger partial charge on any atom is 0.260 e. The van der Waals surface area contributed by atoms with Crippen molar-refractivity contribution < 1.29 is 4.79 Å². The van der Waals surface area contributed by atoms with Crippen molar-refractivity contribution in [1.82, 2.24) is 19.7 Å². The first-order valence-corrected chi connectivity index (χ1v) is 8.86. The Labute approximate surface area is 143 Å². The molecule has 0 spiro atoms. The van der Waals surface area contributed by atoms with Crippen molar-refractivity contribution in [3.8, 4) is 5.82 Å². The monoisotopic (exact) mass is 339 g/mol. The van der Waals surface area contributed by atoms with Crippen molar-refractivity contribution in [2.75, 3.05) is 5.32 Å². The number of amides is 1. The van der Waals surface area contributed by atoms with E-state index in [0.29, 0.717) is 22.9 Å². The summed E-state index contributed by atoms with van der Waals surface area (Å²) in [5.74, 6) is 0.545. The standard InChI is InChI=1S/C17H17N5OS/c1-2-13-11(10-19-22(13)15-8-3-4-9-18-15)16(23)21-17-20-12-6-5-7-14(12)24-17/h3-4,8-10H,2,5-7H2,1H3,(H,20,21,23). The molecule has 0 bridgehead atoms. The number of nitrogens with one attached hydrogen (secondary N) is 1. The number of nitrogens with zero attached hydrogens (tertiary/aromatic N) is 4. The summed E-state index contributed by atoms with van der Waals surface area (Å²) in [4.78, 5) is 22.8. The van der Waals surface area contributed by atoms with E-state index in [9.17, 15) is 4.79 Å². The summed E-state index contributed by atoms with van der Waals surface area (Å²) in [5, 5.41) is 7.95. The molecule has 0 saturated heterocycles. The van der Waals surface area contributed by atoms with Crippen LogP contribution in [-0.4, -0.2) is 25.7 Å². The molecule has 1 aliphatic carbocycles. The lowest BCUT2D eigenvalue weighted by atomic mass is 10.2. The second-order valence-corrected chi connectivity index (χ2v) is 6.74. The number of fused-ring (bicyclic) bond motifs is 1. The van der Waals surface area contributed by atoms with Crippen molar-refractivity contribution in [3.63, 3.8) is 0 Å². The van der Waals surface area contributed by atoms with Crippen LogP contribution in [0.25, 0.3) is 5.82 Å². The van der Waals surface area contributed by atoms with Crippen LogP contribution in [-0.2, 0) is 19.3 Å². The lowest BCUT2D eigenvalue weighted by Gasteiger charge is -2.06. The normalized spacial score (nSPS) is 13.0. The summed E-state index contributed by atoms with van der Waals surface area (Å²) in [6.45, 7) is 2.01. The molecule has 3 aromatic heterocycles. The van der Waals surface area contributed by atoms with Crippen LogP contribution in [0, 0.1) is 0 Å². The van der Waals surface area contributed by atoms with E-state index in [1.807, 2.05) is 25.1 Å². The van der Waals surface area contributed by atoms with Crippen molar-refractivity contribution in [2.24, 2.45) is 0 Å². The summed E-state index contributed by atoms with van der Waals surface area (Å²) >= 11 is 1.58. The number of thiazole rings is 1. The minimum atomic E-state index is -0.165. The average molecular weight is 339 g/mol. The van der Waals surface area contributed by atoms with Gasteiger partial charge in [0.05, 0.1) is 23.1 Å². The van der Waals surface area contributed by atoms with E-state index in [4.69, 9.17) is 0 Å². The summed E-state index contributed by atoms with van der Waals surface area (Å²) in [6, 6.07) is 5.63. The molecule has 1 amide bonds. The second-order valence-electron chi connectivity index (χ2n) is 5.65. The first-order chi connectivity index (χ1) is 11.8. The Hall–Kier alpha value is -2.54. The number of rotatable bonds is 4. The van der Waals surface area contributed by atoms with Crippen LogP contribution in [0.15, 0.2) is 30.6 Å². The third-order valence-corrected chi connectivity index (χ3v) is 5.20. The second kappa shape index (κ2) is 6.16. The van der Waals surface area contributed by atoms with Gasteiger partial charge in [-0.2, -0.15) is 5.10 Å². The quantitative estimate of drug-likeness (QED) is 0.793. The Kier molecular flexibility index (Phi) is 3.86. The van der Waals surface area contributed by atoms with E-state index in [1.54, 1.807) is 28.4 Å². The summed E-state index contributed by atoms with van der Waals surface area (Å²) in [6.07, 6.45) is 7.25. The lowest BCUT2D eigenvalue weighted by Crippen LogP contribution is -2.14. The van der Waals surface area contributed by atoms with E-state index in [-0.39, 0.29) is 5.91 Å². The van der Waals surface area contributed by atoms with Gasteiger partial charge in [-0.3, -0.25) is 10.1 Å². The number of carbonyl (C=O) groups is 1. The third kappa shape index (κ3) is 2.60. The zero-order chi connectivity index (χ0) is 16.5. The van der Waals surface area contributed by atoms with Crippen molar-refractivity contribution >= 4 is 22.4 Å². The molecule has 0 aliphatic heterocycles. The molecule has 0 atom stereocenters. The maximum absolute atomic E-state index is 12.6. The highest BCUT2D eigenvalue weighted by Crippen LogP contribution is 2.30. The van der Waals surface area contributed by atoms with Gasteiger partial charge in [-0.1, -0.05) is 13.0 Å². The highest BCUT2D eigenvalue weighted by atomic mass is 32.1. The largest absolute Gasteiger partial charge is 0.298 e. The zero-order valence-electron chi connectivity index (χ0n) is 13.3. The van der Waals surface area contributed by atoms with Gasteiger partial charge in [0.2, 0.25) is 0 Å². The number of hydrogen-bond acceptors (Lipinski definition) is 5. The molecule has 3 heterocycles. The Bertz CT molecular complexity index is 862. The number of pyridine rings is 1. The molecular weight excluding hydrogens is 322 g/mol. The van der Waals surface area contributed by atoms with Gasteiger partial charge < -0.3 is 0 Å². The number of aryl methyl sites for hydroxylation is 2. The van der Waals surface area contributed by atoms with Crippen LogP contribution in [0.4, 0.5) is 5.13 Å². The van der Waals surface area contributed by atoms with Crippen LogP contribution >= 0.6 is 11.3 Å². The molecule has 4 rings (SSSR count). The van der Waals surface area contributed by atoms with Crippen LogP contribution in [0.5, 0.6) is 0 Å². The molecule has 7 heteroatoms. The van der Waals surface area contributed by atoms with E-state index >= 15 is 0 Å². The van der Waals surface area contributed by atoms with Crippen LogP contribution in [0.2, 0.25) is 0 Å². The summed E-state index contributed by atoms with van der Waals surface area (Å²) in [5.41, 5.74) is 2.55. The fourth-order valence-electron chi connectivity index (χ4n) is 2.99. The zero-order valence-corrected chi connectivity index (χ0v) is 14.1. The molecule has 0 aromatic carbocycles. The maximum atomic E-state index is 12.6. The van der Waals surface area contributed by atoms with E-state index in [0.717, 1.165) is 24.2 Å². The SMILES string of the molecule is CCc1c(C(=O)Nc2nc3c(s2)CCC3)cnn1-c1ccccn1. The number of aromatic nitrogens is 4. The van der Waals surface area contributed by atoms with Gasteiger partial charge in [0.25, 0.3) is 5.91 Å². The first-order valence-electron chi connectivity index (χ1n) is 8.04. The van der Waals surface area contributed by atoms with Crippen LogP contribution < -0.4 is 5.32 Å². The molecule has 0 fully saturated rings. The van der Waals surface area contributed by atoms with Gasteiger partial charge in [-0.15, -0.1) is 11.3 Å². The molecule has 3 aromatic rings. The smallest absolute Gasteiger partial charge is 0.260 e. The molecule has 6 nitrogen and oxygen atoms in total. The van der Waals surface area contributed by atoms with E-state index in [1.165, 1.54) is 11.3 Å². The molecule has 0 radical (unpaired) electrons. The first kappa shape index (κ1) is 15.0. The molecule has 0 unspecified atom stereocenters. The van der Waals surface area contributed by atoms with Gasteiger partial charge in [0, 0.05) is 11.1 Å². The Morgan fingerprint density at radius 1 is 1.38 bits per heavy atom. The lowest BCUT2D eigenvalue weighted by molar-refractivity contribution is 0.102. The molecule has 122 valence electrons. The van der Waals surface area contributed by atoms with Gasteiger partial charge in [0.15, 0.2) is 10.9 Å². The molecule has 1 N–H and O–H groups in total. The Morgan fingerprint density at radius 3 is 3.04 bits per heavy atom. The topological polar surface area (TPSA) is 72.7 Å². The van der Waals surface area contributed by atoms with Gasteiger partial charge in [-0.25, -0.2) is 14.6 Å². The van der Waals surface area contributed by atoms with Crippen LogP contribution in [0.1, 0.15) is 40.0 Å². The Morgan fingerprint density at radius 2 is 2.29 bits per heavy atom. The molecule has 1 aliphatic rings. The highest BCUT2D eigenvalue weighted by Gasteiger charge is 2.21. The molecule has 24 heavy (non-hydrogen) atoms. The fraction of sp³-hybridized carbons (Fsp3) is 0.294. The molecule has 0 saturated carbocycles. The van der Waals surface area contributed by atoms with Crippen LogP contribution in [0.3, 0.4) is 0 Å². The van der Waals surface area contributed by atoms with Gasteiger partial charge in [-0.05, 0) is 37.8 Å². The van der Waals surface area contributed by atoms with E-state index in [2.05, 4.69) is 20.4 Å². The Balaban J connectivity index is 1.61. The minimum Gasteiger partial charge on any atom is -0.298 e. The summed E-state index contributed by atoms with van der Waals surface area (Å²) in [7, 11) is 0. The van der Waals surface area contributed by atoms with Crippen molar-refractivity contribution in [2.45, 2.75) is 32.6 Å². The molecular formula is C17H17N5OS. The fourth-order valence-corrected chi connectivity index (χ4v) is 4.03. The highest BCUT2D eigenvalue weighted by molar-refractivity contribution is 7.16.